The maximum Gasteiger partial charge on any atom is 0.239 e. The molecule has 0 unspecified atom stereocenters. The van der Waals surface area contributed by atoms with Crippen molar-refractivity contribution in [1.29, 1.82) is 0 Å². The van der Waals surface area contributed by atoms with Gasteiger partial charge in [-0.2, -0.15) is 4.31 Å². The number of carbonyl (C=O) groups is 1. The summed E-state index contributed by atoms with van der Waals surface area (Å²) in [5.41, 5.74) is 0.994. The number of para-hydroxylation sites is 1. The maximum atomic E-state index is 12.2. The van der Waals surface area contributed by atoms with E-state index in [4.69, 9.17) is 23.2 Å². The number of carbonyl (C=O) groups excluding carboxylic acids is 1. The number of nitrogens with one attached hydrogen (secondary N) is 1. The molecule has 0 saturated heterocycles. The SMILES string of the molecule is CN(CC(=O)Nc1c(Cl)cccc1Cl)S(=O)(=O)/C=C/c1ccccc1. The quantitative estimate of drug-likeness (QED) is 0.802. The summed E-state index contributed by atoms with van der Waals surface area (Å²) in [6.45, 7) is -0.372. The molecule has 0 aliphatic carbocycles. The molecule has 0 spiro atoms. The fourth-order valence-electron chi connectivity index (χ4n) is 1.92. The summed E-state index contributed by atoms with van der Waals surface area (Å²) in [6.07, 6.45) is 1.47. The Labute approximate surface area is 156 Å². The smallest absolute Gasteiger partial charge is 0.239 e. The van der Waals surface area contributed by atoms with Gasteiger partial charge in [-0.25, -0.2) is 8.42 Å². The highest BCUT2D eigenvalue weighted by molar-refractivity contribution is 7.92. The summed E-state index contributed by atoms with van der Waals surface area (Å²) in [7, 11) is -2.42. The Morgan fingerprint density at radius 2 is 1.68 bits per heavy atom. The lowest BCUT2D eigenvalue weighted by atomic mass is 10.2. The number of sulfonamides is 1. The van der Waals surface area contributed by atoms with Gasteiger partial charge in [0.05, 0.1) is 22.3 Å². The van der Waals surface area contributed by atoms with E-state index >= 15 is 0 Å². The van der Waals surface area contributed by atoms with E-state index in [0.29, 0.717) is 0 Å². The van der Waals surface area contributed by atoms with Crippen LogP contribution < -0.4 is 5.32 Å². The Morgan fingerprint density at radius 1 is 1.08 bits per heavy atom. The molecule has 0 aromatic heterocycles. The van der Waals surface area contributed by atoms with Crippen LogP contribution in [0.4, 0.5) is 5.69 Å². The van der Waals surface area contributed by atoms with Crippen LogP contribution in [0.2, 0.25) is 10.0 Å². The Kier molecular flexibility index (Phi) is 6.61. The van der Waals surface area contributed by atoms with Crippen LogP contribution in [0.5, 0.6) is 0 Å². The minimum absolute atomic E-state index is 0.251. The first-order chi connectivity index (χ1) is 11.8. The van der Waals surface area contributed by atoms with Gasteiger partial charge in [-0.3, -0.25) is 4.79 Å². The van der Waals surface area contributed by atoms with Crippen molar-refractivity contribution in [2.45, 2.75) is 0 Å². The number of halogens is 2. The van der Waals surface area contributed by atoms with Crippen molar-refractivity contribution < 1.29 is 13.2 Å². The standard InChI is InChI=1S/C17H16Cl2N2O3S/c1-21(25(23,24)11-10-13-6-3-2-4-7-13)12-16(22)20-17-14(18)8-5-9-15(17)19/h2-11H,12H2,1H3,(H,20,22)/b11-10+. The van der Waals surface area contributed by atoms with Gasteiger partial charge in [-0.1, -0.05) is 59.6 Å². The number of benzene rings is 2. The highest BCUT2D eigenvalue weighted by Crippen LogP contribution is 2.29. The van der Waals surface area contributed by atoms with Gasteiger partial charge in [0.1, 0.15) is 0 Å². The van der Waals surface area contributed by atoms with Crippen molar-refractivity contribution in [3.63, 3.8) is 0 Å². The van der Waals surface area contributed by atoms with E-state index in [1.165, 1.54) is 13.1 Å². The highest BCUT2D eigenvalue weighted by atomic mass is 35.5. The minimum Gasteiger partial charge on any atom is -0.322 e. The Hall–Kier alpha value is -1.86. The van der Waals surface area contributed by atoms with Gasteiger partial charge in [0.15, 0.2) is 0 Å². The molecule has 0 atom stereocenters. The molecule has 2 rings (SSSR count). The second-order valence-electron chi connectivity index (χ2n) is 5.16. The van der Waals surface area contributed by atoms with Gasteiger partial charge < -0.3 is 5.32 Å². The minimum atomic E-state index is -3.74. The fraction of sp³-hybridized carbons (Fsp3) is 0.118. The largest absolute Gasteiger partial charge is 0.322 e. The maximum absolute atomic E-state index is 12.2. The third-order valence-electron chi connectivity index (χ3n) is 3.26. The van der Waals surface area contributed by atoms with Gasteiger partial charge in [-0.05, 0) is 23.8 Å². The van der Waals surface area contributed by atoms with Crippen LogP contribution >= 0.6 is 23.2 Å². The molecular weight excluding hydrogens is 383 g/mol. The van der Waals surface area contributed by atoms with Gasteiger partial charge in [0.25, 0.3) is 0 Å². The van der Waals surface area contributed by atoms with E-state index in [1.807, 2.05) is 6.07 Å². The zero-order valence-electron chi connectivity index (χ0n) is 13.3. The van der Waals surface area contributed by atoms with Gasteiger partial charge in [-0.15, -0.1) is 0 Å². The summed E-state index contributed by atoms with van der Waals surface area (Å²) in [4.78, 5) is 12.1. The Morgan fingerprint density at radius 3 is 2.28 bits per heavy atom. The first-order valence-electron chi connectivity index (χ1n) is 7.23. The fourth-order valence-corrected chi connectivity index (χ4v) is 3.25. The third-order valence-corrected chi connectivity index (χ3v) is 5.37. The van der Waals surface area contributed by atoms with Crippen molar-refractivity contribution in [3.8, 4) is 0 Å². The van der Waals surface area contributed by atoms with E-state index < -0.39 is 15.9 Å². The molecule has 0 aliphatic rings. The average Bonchev–Trinajstić information content (AvgIpc) is 2.57. The lowest BCUT2D eigenvalue weighted by Gasteiger charge is -2.15. The van der Waals surface area contributed by atoms with Gasteiger partial charge in [0, 0.05) is 12.5 Å². The van der Waals surface area contributed by atoms with Crippen LogP contribution in [0.3, 0.4) is 0 Å². The first-order valence-corrected chi connectivity index (χ1v) is 9.49. The summed E-state index contributed by atoms with van der Waals surface area (Å²) in [5, 5.41) is 4.12. The molecule has 2 aromatic carbocycles. The number of likely N-dealkylation sites (N-methyl/N-ethyl adjacent to an activating group) is 1. The molecule has 1 N–H and O–H groups in total. The summed E-state index contributed by atoms with van der Waals surface area (Å²) >= 11 is 12.0. The monoisotopic (exact) mass is 398 g/mol. The van der Waals surface area contributed by atoms with E-state index in [9.17, 15) is 13.2 Å². The average molecular weight is 399 g/mol. The zero-order chi connectivity index (χ0) is 18.4. The topological polar surface area (TPSA) is 66.5 Å². The van der Waals surface area contributed by atoms with Crippen molar-refractivity contribution in [1.82, 2.24) is 4.31 Å². The van der Waals surface area contributed by atoms with Crippen LogP contribution in [0, 0.1) is 0 Å². The number of hydrogen-bond acceptors (Lipinski definition) is 3. The first kappa shape index (κ1) is 19.5. The Balaban J connectivity index is 2.04. The number of nitrogens with zero attached hydrogens (tertiary/aromatic N) is 1. The molecule has 5 nitrogen and oxygen atoms in total. The molecule has 8 heteroatoms. The van der Waals surface area contributed by atoms with E-state index in [2.05, 4.69) is 5.32 Å². The van der Waals surface area contributed by atoms with Crippen molar-refractivity contribution in [2.75, 3.05) is 18.9 Å². The molecule has 0 fully saturated rings. The van der Waals surface area contributed by atoms with Crippen LogP contribution in [0.25, 0.3) is 6.08 Å². The summed E-state index contributed by atoms with van der Waals surface area (Å²) in [6, 6.07) is 13.8. The second-order valence-corrected chi connectivity index (χ2v) is 7.90. The molecule has 132 valence electrons. The third kappa shape index (κ3) is 5.57. The number of hydrogen-bond donors (Lipinski definition) is 1. The molecular formula is C17H16Cl2N2O3S. The molecule has 0 radical (unpaired) electrons. The number of rotatable bonds is 6. The lowest BCUT2D eigenvalue weighted by molar-refractivity contribution is -0.116. The van der Waals surface area contributed by atoms with E-state index in [-0.39, 0.29) is 22.3 Å². The molecule has 0 aliphatic heterocycles. The molecule has 25 heavy (non-hydrogen) atoms. The van der Waals surface area contributed by atoms with Crippen molar-refractivity contribution >= 4 is 50.9 Å². The molecule has 0 saturated carbocycles. The number of amides is 1. The second kappa shape index (κ2) is 8.49. The lowest BCUT2D eigenvalue weighted by Crippen LogP contribution is -2.33. The zero-order valence-corrected chi connectivity index (χ0v) is 15.6. The molecule has 0 bridgehead atoms. The summed E-state index contributed by atoms with van der Waals surface area (Å²) in [5.74, 6) is -0.547. The van der Waals surface area contributed by atoms with E-state index in [1.54, 1.807) is 42.5 Å². The van der Waals surface area contributed by atoms with Crippen molar-refractivity contribution in [2.24, 2.45) is 0 Å². The normalized spacial score (nSPS) is 11.8. The molecule has 2 aromatic rings. The van der Waals surface area contributed by atoms with Crippen molar-refractivity contribution in [3.05, 3.63) is 69.5 Å². The number of anilines is 1. The van der Waals surface area contributed by atoms with Crippen LogP contribution in [0.1, 0.15) is 5.56 Å². The van der Waals surface area contributed by atoms with Crippen LogP contribution in [-0.2, 0) is 14.8 Å². The Bertz CT molecular complexity index is 864. The molecule has 1 amide bonds. The predicted molar refractivity (Wildman–Crippen MR) is 102 cm³/mol. The van der Waals surface area contributed by atoms with Crippen LogP contribution in [0.15, 0.2) is 53.9 Å². The van der Waals surface area contributed by atoms with Gasteiger partial charge >= 0.3 is 0 Å². The van der Waals surface area contributed by atoms with E-state index in [0.717, 1.165) is 15.3 Å². The molecule has 0 heterocycles. The highest BCUT2D eigenvalue weighted by Gasteiger charge is 2.19. The van der Waals surface area contributed by atoms with Gasteiger partial charge in [0.2, 0.25) is 15.9 Å². The van der Waals surface area contributed by atoms with Crippen LogP contribution in [-0.4, -0.2) is 32.2 Å². The summed E-state index contributed by atoms with van der Waals surface area (Å²) < 4.78 is 25.4. The predicted octanol–water partition coefficient (Wildman–Crippen LogP) is 3.86.